The standard InChI is InChI=1S/C16H23N3OS/c1-2-4-12-5-3-8-19(9-6-12)11-14-17-13-7-10-21-15(13)16(20)18-14/h7,10,12,15H,2-6,8-9,11H2,1H3. The minimum atomic E-state index is -0.174. The van der Waals surface area contributed by atoms with Crippen LogP contribution in [0.25, 0.3) is 0 Å². The number of thioether (sulfide) groups is 1. The predicted molar refractivity (Wildman–Crippen MR) is 89.1 cm³/mol. The zero-order valence-electron chi connectivity index (χ0n) is 12.6. The smallest absolute Gasteiger partial charge is 0.267 e. The lowest BCUT2D eigenvalue weighted by Gasteiger charge is -2.21. The molecule has 3 aliphatic rings. The van der Waals surface area contributed by atoms with Crippen molar-refractivity contribution in [2.45, 2.75) is 44.3 Å². The van der Waals surface area contributed by atoms with Gasteiger partial charge in [0.25, 0.3) is 5.91 Å². The maximum absolute atomic E-state index is 12.0. The van der Waals surface area contributed by atoms with Crippen LogP contribution in [0.2, 0.25) is 0 Å². The van der Waals surface area contributed by atoms with Gasteiger partial charge in [-0.2, -0.15) is 4.99 Å². The lowest BCUT2D eigenvalue weighted by Crippen LogP contribution is -2.35. The molecule has 0 aromatic carbocycles. The van der Waals surface area contributed by atoms with E-state index >= 15 is 0 Å². The number of fused-ring (bicyclic) bond motifs is 1. The highest BCUT2D eigenvalue weighted by molar-refractivity contribution is 8.04. The fraction of sp³-hybridized carbons (Fsp3) is 0.688. The predicted octanol–water partition coefficient (Wildman–Crippen LogP) is 2.90. The van der Waals surface area contributed by atoms with Gasteiger partial charge in [0.1, 0.15) is 11.1 Å². The molecule has 3 heterocycles. The highest BCUT2D eigenvalue weighted by Gasteiger charge is 2.30. The molecule has 0 saturated carbocycles. The number of allylic oxidation sites excluding steroid dienone is 1. The summed E-state index contributed by atoms with van der Waals surface area (Å²) in [5.74, 6) is 1.54. The third-order valence-electron chi connectivity index (χ3n) is 4.45. The number of carbonyl (C=O) groups is 1. The first-order valence-electron chi connectivity index (χ1n) is 8.00. The molecule has 3 rings (SSSR count). The molecule has 1 saturated heterocycles. The number of amidine groups is 1. The van der Waals surface area contributed by atoms with E-state index in [-0.39, 0.29) is 11.2 Å². The average molecular weight is 305 g/mol. The molecule has 2 unspecified atom stereocenters. The number of likely N-dealkylation sites (tertiary alicyclic amines) is 1. The van der Waals surface area contributed by atoms with E-state index in [1.165, 1.54) is 43.9 Å². The first kappa shape index (κ1) is 15.0. The number of nitrogens with zero attached hydrogens (tertiary/aromatic N) is 3. The summed E-state index contributed by atoms with van der Waals surface area (Å²) in [5, 5.41) is 1.77. The zero-order valence-corrected chi connectivity index (χ0v) is 13.4. The Labute approximate surface area is 130 Å². The molecule has 4 nitrogen and oxygen atoms in total. The molecule has 0 spiro atoms. The number of amides is 1. The average Bonchev–Trinajstić information content (AvgIpc) is 2.83. The fourth-order valence-corrected chi connectivity index (χ4v) is 4.15. The van der Waals surface area contributed by atoms with Gasteiger partial charge >= 0.3 is 0 Å². The molecule has 1 fully saturated rings. The van der Waals surface area contributed by atoms with Gasteiger partial charge in [-0.25, -0.2) is 4.99 Å². The van der Waals surface area contributed by atoms with Crippen molar-refractivity contribution in [1.82, 2.24) is 4.90 Å². The number of hydrogen-bond donors (Lipinski definition) is 0. The van der Waals surface area contributed by atoms with Crippen molar-refractivity contribution in [3.63, 3.8) is 0 Å². The van der Waals surface area contributed by atoms with E-state index in [9.17, 15) is 4.79 Å². The molecule has 0 aromatic heterocycles. The van der Waals surface area contributed by atoms with Gasteiger partial charge in [-0.05, 0) is 49.8 Å². The van der Waals surface area contributed by atoms with E-state index in [2.05, 4.69) is 21.8 Å². The highest BCUT2D eigenvalue weighted by Crippen LogP contribution is 2.26. The molecule has 0 N–H and O–H groups in total. The molecule has 1 amide bonds. The van der Waals surface area contributed by atoms with Crippen LogP contribution in [0.1, 0.15) is 39.0 Å². The Morgan fingerprint density at radius 2 is 2.24 bits per heavy atom. The maximum Gasteiger partial charge on any atom is 0.267 e. The topological polar surface area (TPSA) is 45.0 Å². The maximum atomic E-state index is 12.0. The molecule has 0 radical (unpaired) electrons. The Balaban J connectivity index is 1.59. The van der Waals surface area contributed by atoms with Crippen molar-refractivity contribution in [2.24, 2.45) is 15.9 Å². The summed E-state index contributed by atoms with van der Waals surface area (Å²) in [6, 6.07) is 0. The second-order valence-electron chi connectivity index (χ2n) is 6.08. The van der Waals surface area contributed by atoms with Crippen LogP contribution in [0, 0.1) is 5.92 Å². The van der Waals surface area contributed by atoms with Gasteiger partial charge in [0.05, 0.1) is 12.3 Å². The van der Waals surface area contributed by atoms with Crippen LogP contribution in [0.5, 0.6) is 0 Å². The van der Waals surface area contributed by atoms with Crippen LogP contribution in [-0.4, -0.2) is 47.2 Å². The van der Waals surface area contributed by atoms with Crippen molar-refractivity contribution >= 4 is 29.2 Å². The normalized spacial score (nSPS) is 29.9. The van der Waals surface area contributed by atoms with E-state index in [0.717, 1.165) is 31.3 Å². The lowest BCUT2D eigenvalue weighted by molar-refractivity contribution is -0.116. The minimum Gasteiger partial charge on any atom is -0.296 e. The largest absolute Gasteiger partial charge is 0.296 e. The van der Waals surface area contributed by atoms with Crippen LogP contribution < -0.4 is 0 Å². The van der Waals surface area contributed by atoms with E-state index in [1.807, 2.05) is 11.5 Å². The molecule has 0 aliphatic carbocycles. The lowest BCUT2D eigenvalue weighted by atomic mass is 9.96. The summed E-state index contributed by atoms with van der Waals surface area (Å²) in [6.45, 7) is 5.20. The molecular weight excluding hydrogens is 282 g/mol. The van der Waals surface area contributed by atoms with Gasteiger partial charge in [-0.3, -0.25) is 9.69 Å². The summed E-state index contributed by atoms with van der Waals surface area (Å²) < 4.78 is 0. The molecule has 21 heavy (non-hydrogen) atoms. The second-order valence-corrected chi connectivity index (χ2v) is 7.10. The number of rotatable bonds is 4. The van der Waals surface area contributed by atoms with E-state index < -0.39 is 0 Å². The van der Waals surface area contributed by atoms with Crippen LogP contribution in [-0.2, 0) is 4.79 Å². The quantitative estimate of drug-likeness (QED) is 0.802. The third kappa shape index (κ3) is 3.64. The van der Waals surface area contributed by atoms with E-state index in [0.29, 0.717) is 5.84 Å². The van der Waals surface area contributed by atoms with Crippen molar-refractivity contribution in [3.8, 4) is 0 Å². The number of hydrogen-bond acceptors (Lipinski definition) is 4. The van der Waals surface area contributed by atoms with Crippen LogP contribution in [0.4, 0.5) is 0 Å². The van der Waals surface area contributed by atoms with Gasteiger partial charge in [0.15, 0.2) is 0 Å². The van der Waals surface area contributed by atoms with Crippen LogP contribution >= 0.6 is 11.8 Å². The Morgan fingerprint density at radius 3 is 3.10 bits per heavy atom. The van der Waals surface area contributed by atoms with Crippen LogP contribution in [0.3, 0.4) is 0 Å². The van der Waals surface area contributed by atoms with Gasteiger partial charge in [0.2, 0.25) is 0 Å². The molecule has 0 bridgehead atoms. The Bertz CT molecular complexity index is 498. The summed E-state index contributed by atoms with van der Waals surface area (Å²) in [4.78, 5) is 23.2. The van der Waals surface area contributed by atoms with Crippen molar-refractivity contribution < 1.29 is 4.79 Å². The minimum absolute atomic E-state index is 0.0383. The van der Waals surface area contributed by atoms with Gasteiger partial charge in [0, 0.05) is 0 Å². The molecule has 3 aliphatic heterocycles. The molecule has 5 heteroatoms. The van der Waals surface area contributed by atoms with Gasteiger partial charge in [-0.1, -0.05) is 19.8 Å². The van der Waals surface area contributed by atoms with E-state index in [1.54, 1.807) is 0 Å². The number of carbonyl (C=O) groups excluding carboxylic acids is 1. The van der Waals surface area contributed by atoms with Gasteiger partial charge in [-0.15, -0.1) is 11.8 Å². The molecule has 2 atom stereocenters. The van der Waals surface area contributed by atoms with E-state index in [4.69, 9.17) is 0 Å². The number of aliphatic imine (C=N–C) groups is 2. The highest BCUT2D eigenvalue weighted by atomic mass is 32.2. The third-order valence-corrected chi connectivity index (χ3v) is 5.45. The molecule has 114 valence electrons. The van der Waals surface area contributed by atoms with Crippen molar-refractivity contribution in [1.29, 1.82) is 0 Å². The summed E-state index contributed by atoms with van der Waals surface area (Å²) in [7, 11) is 0. The SMILES string of the molecule is CCCC1CCCN(CC2=NC(=O)C3SC=CC3=N2)CC1. The molecule has 0 aromatic rings. The monoisotopic (exact) mass is 305 g/mol. The Hall–Kier alpha value is -0.940. The van der Waals surface area contributed by atoms with Crippen molar-refractivity contribution in [3.05, 3.63) is 11.5 Å². The Kier molecular flexibility index (Phi) is 4.91. The first-order valence-corrected chi connectivity index (χ1v) is 8.95. The zero-order chi connectivity index (χ0) is 14.7. The van der Waals surface area contributed by atoms with Crippen molar-refractivity contribution in [2.75, 3.05) is 19.6 Å². The second kappa shape index (κ2) is 6.88. The summed E-state index contributed by atoms with van der Waals surface area (Å²) >= 11 is 1.51. The summed E-state index contributed by atoms with van der Waals surface area (Å²) in [6.07, 6.45) is 8.43. The molecular formula is C16H23N3OS. The fourth-order valence-electron chi connectivity index (χ4n) is 3.34. The summed E-state index contributed by atoms with van der Waals surface area (Å²) in [5.41, 5.74) is 0.883. The van der Waals surface area contributed by atoms with Gasteiger partial charge < -0.3 is 0 Å². The van der Waals surface area contributed by atoms with Crippen LogP contribution in [0.15, 0.2) is 21.5 Å². The first-order chi connectivity index (χ1) is 10.3. The Morgan fingerprint density at radius 1 is 1.33 bits per heavy atom.